The number of sulfonamides is 1. The number of likely N-dealkylation sites (N-methyl/N-ethyl adjacent to an activating group) is 1. The number of rotatable bonds is 7. The summed E-state index contributed by atoms with van der Waals surface area (Å²) in [5, 5.41) is 11.2. The van der Waals surface area contributed by atoms with E-state index in [1.807, 2.05) is 31.1 Å². The molecule has 2 aromatic rings. The van der Waals surface area contributed by atoms with E-state index in [1.54, 1.807) is 12.1 Å². The second-order valence-electron chi connectivity index (χ2n) is 8.89. The van der Waals surface area contributed by atoms with Crippen molar-refractivity contribution in [3.63, 3.8) is 0 Å². The Labute approximate surface area is 219 Å². The van der Waals surface area contributed by atoms with Crippen LogP contribution < -0.4 is 0 Å². The predicted molar refractivity (Wildman–Crippen MR) is 138 cm³/mol. The summed E-state index contributed by atoms with van der Waals surface area (Å²) in [6.45, 7) is 2.05. The van der Waals surface area contributed by atoms with Crippen molar-refractivity contribution in [3.8, 4) is 0 Å². The lowest BCUT2D eigenvalue weighted by Gasteiger charge is -2.27. The first-order valence-electron chi connectivity index (χ1n) is 11.5. The van der Waals surface area contributed by atoms with Gasteiger partial charge in [-0.2, -0.15) is 4.31 Å². The number of carbonyl (C=O) groups excluding carboxylic acids is 2. The Kier molecular flexibility index (Phi) is 7.96. The van der Waals surface area contributed by atoms with E-state index in [2.05, 4.69) is 15.9 Å². The van der Waals surface area contributed by atoms with Gasteiger partial charge in [-0.05, 0) is 56.1 Å². The second kappa shape index (κ2) is 10.8. The van der Waals surface area contributed by atoms with Crippen LogP contribution >= 0.6 is 15.9 Å². The number of nitrogens with zero attached hydrogens (tertiary/aromatic N) is 3. The molecule has 1 unspecified atom stereocenters. The number of hydrogen-bond donors (Lipinski definition) is 1. The maximum atomic E-state index is 13.1. The normalized spacial score (nSPS) is 20.9. The highest BCUT2D eigenvalue weighted by atomic mass is 79.9. The van der Waals surface area contributed by atoms with Gasteiger partial charge in [0.25, 0.3) is 11.7 Å². The van der Waals surface area contributed by atoms with Gasteiger partial charge in [-0.3, -0.25) is 9.59 Å². The lowest BCUT2D eigenvalue weighted by molar-refractivity contribution is -0.140. The molecule has 0 bridgehead atoms. The molecule has 1 atom stereocenters. The molecule has 11 heteroatoms. The Balaban J connectivity index is 1.73. The first kappa shape index (κ1) is 26.5. The number of ether oxygens (including phenoxy) is 1. The summed E-state index contributed by atoms with van der Waals surface area (Å²) < 4.78 is 33.3. The summed E-state index contributed by atoms with van der Waals surface area (Å²) in [5.41, 5.74) is 0.915. The number of ketones is 1. The van der Waals surface area contributed by atoms with Crippen LogP contribution in [0.4, 0.5) is 0 Å². The summed E-state index contributed by atoms with van der Waals surface area (Å²) in [6, 6.07) is 12.2. The molecule has 2 aromatic carbocycles. The van der Waals surface area contributed by atoms with Crippen molar-refractivity contribution < 1.29 is 27.9 Å². The molecular weight excluding hydrogens is 550 g/mol. The van der Waals surface area contributed by atoms with Crippen LogP contribution in [0.15, 0.2) is 63.5 Å². The summed E-state index contributed by atoms with van der Waals surface area (Å²) in [4.78, 5) is 29.6. The zero-order valence-corrected chi connectivity index (χ0v) is 22.5. The van der Waals surface area contributed by atoms with Crippen LogP contribution in [0.5, 0.6) is 0 Å². The van der Waals surface area contributed by atoms with E-state index in [0.29, 0.717) is 31.9 Å². The van der Waals surface area contributed by atoms with Crippen LogP contribution in [-0.2, 0) is 24.3 Å². The Morgan fingerprint density at radius 2 is 1.67 bits per heavy atom. The minimum absolute atomic E-state index is 0.0233. The van der Waals surface area contributed by atoms with Crippen molar-refractivity contribution in [2.24, 2.45) is 0 Å². The first-order chi connectivity index (χ1) is 17.1. The van der Waals surface area contributed by atoms with Gasteiger partial charge >= 0.3 is 0 Å². The minimum Gasteiger partial charge on any atom is -0.507 e. The maximum Gasteiger partial charge on any atom is 0.295 e. The quantitative estimate of drug-likeness (QED) is 0.306. The number of amides is 1. The van der Waals surface area contributed by atoms with E-state index in [0.717, 1.165) is 4.47 Å². The van der Waals surface area contributed by atoms with Gasteiger partial charge in [-0.15, -0.1) is 0 Å². The van der Waals surface area contributed by atoms with E-state index in [9.17, 15) is 23.1 Å². The van der Waals surface area contributed by atoms with E-state index < -0.39 is 27.8 Å². The number of carbonyl (C=O) groups is 2. The fraction of sp³-hybridized carbons (Fsp3) is 0.360. The summed E-state index contributed by atoms with van der Waals surface area (Å²) in [5.74, 6) is -1.80. The zero-order valence-electron chi connectivity index (χ0n) is 20.1. The van der Waals surface area contributed by atoms with Gasteiger partial charge in [0.05, 0.1) is 29.7 Å². The van der Waals surface area contributed by atoms with Crippen molar-refractivity contribution in [2.45, 2.75) is 10.9 Å². The van der Waals surface area contributed by atoms with E-state index in [1.165, 1.54) is 33.5 Å². The molecule has 2 fully saturated rings. The summed E-state index contributed by atoms with van der Waals surface area (Å²) >= 11 is 3.40. The molecule has 2 heterocycles. The van der Waals surface area contributed by atoms with E-state index >= 15 is 0 Å². The Bertz CT molecular complexity index is 1270. The van der Waals surface area contributed by atoms with Crippen LogP contribution in [0, 0.1) is 0 Å². The number of morpholine rings is 1. The lowest BCUT2D eigenvalue weighted by Crippen LogP contribution is -2.40. The number of hydrogen-bond acceptors (Lipinski definition) is 7. The largest absolute Gasteiger partial charge is 0.507 e. The molecule has 0 aliphatic carbocycles. The van der Waals surface area contributed by atoms with Crippen LogP contribution in [0.25, 0.3) is 5.76 Å². The molecule has 2 saturated heterocycles. The van der Waals surface area contributed by atoms with Crippen molar-refractivity contribution in [1.29, 1.82) is 0 Å². The van der Waals surface area contributed by atoms with Crippen LogP contribution in [0.1, 0.15) is 17.2 Å². The number of aliphatic hydroxyl groups is 1. The van der Waals surface area contributed by atoms with E-state index in [-0.39, 0.29) is 34.9 Å². The molecule has 36 heavy (non-hydrogen) atoms. The first-order valence-corrected chi connectivity index (χ1v) is 13.7. The average Bonchev–Trinajstić information content (AvgIpc) is 3.13. The SMILES string of the molecule is CN(C)CCN1C(=O)C(=O)C(=C(O)c2ccc(S(=O)(=O)N3CCOCC3)cc2)C1c1ccc(Br)cc1. The molecule has 192 valence electrons. The predicted octanol–water partition coefficient (Wildman–Crippen LogP) is 2.45. The van der Waals surface area contributed by atoms with Gasteiger partial charge in [-0.25, -0.2) is 8.42 Å². The van der Waals surface area contributed by atoms with Crippen LogP contribution in [0.3, 0.4) is 0 Å². The Morgan fingerprint density at radius 1 is 1.06 bits per heavy atom. The summed E-state index contributed by atoms with van der Waals surface area (Å²) in [7, 11) is 0.0376. The molecule has 4 rings (SSSR count). The maximum absolute atomic E-state index is 13.1. The highest BCUT2D eigenvalue weighted by Gasteiger charge is 2.45. The van der Waals surface area contributed by atoms with Gasteiger partial charge in [0.1, 0.15) is 5.76 Å². The third kappa shape index (κ3) is 5.25. The molecule has 0 radical (unpaired) electrons. The molecule has 0 spiro atoms. The average molecular weight is 578 g/mol. The highest BCUT2D eigenvalue weighted by molar-refractivity contribution is 9.10. The van der Waals surface area contributed by atoms with Gasteiger partial charge < -0.3 is 19.6 Å². The van der Waals surface area contributed by atoms with Crippen molar-refractivity contribution in [2.75, 3.05) is 53.5 Å². The zero-order chi connectivity index (χ0) is 26.0. The molecule has 9 nitrogen and oxygen atoms in total. The minimum atomic E-state index is -3.71. The third-order valence-electron chi connectivity index (χ3n) is 6.25. The number of halogens is 1. The number of benzene rings is 2. The second-order valence-corrected chi connectivity index (χ2v) is 11.7. The van der Waals surface area contributed by atoms with Crippen molar-refractivity contribution in [3.05, 3.63) is 69.7 Å². The van der Waals surface area contributed by atoms with Gasteiger partial charge in [0.2, 0.25) is 10.0 Å². The molecule has 2 aliphatic heterocycles. The van der Waals surface area contributed by atoms with Crippen LogP contribution in [-0.4, -0.2) is 92.8 Å². The van der Waals surface area contributed by atoms with Gasteiger partial charge in [0, 0.05) is 36.2 Å². The Morgan fingerprint density at radius 3 is 2.25 bits per heavy atom. The van der Waals surface area contributed by atoms with Crippen molar-refractivity contribution >= 4 is 43.4 Å². The number of likely N-dealkylation sites (tertiary alicyclic amines) is 1. The van der Waals surface area contributed by atoms with Crippen LogP contribution in [0.2, 0.25) is 0 Å². The lowest BCUT2D eigenvalue weighted by atomic mass is 9.95. The molecule has 2 aliphatic rings. The Hall–Kier alpha value is -2.57. The highest BCUT2D eigenvalue weighted by Crippen LogP contribution is 2.39. The molecule has 1 amide bonds. The fourth-order valence-electron chi connectivity index (χ4n) is 4.29. The topological polar surface area (TPSA) is 107 Å². The molecule has 0 saturated carbocycles. The molecular formula is C25H28BrN3O6S. The number of Topliss-reactive ketones (excluding diaryl/α,β-unsaturated/α-hetero) is 1. The fourth-order valence-corrected chi connectivity index (χ4v) is 5.96. The van der Waals surface area contributed by atoms with Gasteiger partial charge in [-0.1, -0.05) is 28.1 Å². The van der Waals surface area contributed by atoms with Crippen molar-refractivity contribution in [1.82, 2.24) is 14.1 Å². The number of aliphatic hydroxyl groups excluding tert-OH is 1. The standard InChI is InChI=1S/C25H28BrN3O6S/c1-27(2)11-12-29-22(17-3-7-19(26)8-4-17)21(24(31)25(29)32)23(30)18-5-9-20(10-6-18)36(33,34)28-13-15-35-16-14-28/h3-10,22,30H,11-16H2,1-2H3. The smallest absolute Gasteiger partial charge is 0.295 e. The third-order valence-corrected chi connectivity index (χ3v) is 8.69. The van der Waals surface area contributed by atoms with E-state index in [4.69, 9.17) is 4.74 Å². The van der Waals surface area contributed by atoms with Gasteiger partial charge in [0.15, 0.2) is 0 Å². The summed E-state index contributed by atoms with van der Waals surface area (Å²) in [6.07, 6.45) is 0. The monoisotopic (exact) mass is 577 g/mol. The molecule has 1 N–H and O–H groups in total. The molecule has 0 aromatic heterocycles.